The molecule has 0 saturated heterocycles. The molecule has 0 bridgehead atoms. The predicted molar refractivity (Wildman–Crippen MR) is 65.6 cm³/mol. The quantitative estimate of drug-likeness (QED) is 0.760. The monoisotopic (exact) mass is 257 g/mol. The number of rotatable bonds is 5. The molecular weight excluding hydrogens is 241 g/mol. The van der Waals surface area contributed by atoms with Gasteiger partial charge in [0.1, 0.15) is 5.82 Å². The Hall–Kier alpha value is -1.20. The van der Waals surface area contributed by atoms with Gasteiger partial charge < -0.3 is 0 Å². The molecule has 0 heterocycles. The van der Waals surface area contributed by atoms with Crippen LogP contribution in [-0.4, -0.2) is 25.3 Å². The second kappa shape index (κ2) is 5.42. The number of hydrogen-bond acceptors (Lipinski definition) is 2. The van der Waals surface area contributed by atoms with Crippen LogP contribution in [0, 0.1) is 5.82 Å². The van der Waals surface area contributed by atoms with Crippen molar-refractivity contribution >= 4 is 10.0 Å². The molecule has 94 valence electrons. The van der Waals surface area contributed by atoms with Gasteiger partial charge in [-0.2, -0.15) is 4.31 Å². The topological polar surface area (TPSA) is 37.4 Å². The highest BCUT2D eigenvalue weighted by Gasteiger charge is 2.25. The zero-order valence-corrected chi connectivity index (χ0v) is 10.7. The summed E-state index contributed by atoms with van der Waals surface area (Å²) in [7, 11) is -3.58. The van der Waals surface area contributed by atoms with E-state index >= 15 is 0 Å². The Morgan fingerprint density at radius 1 is 1.35 bits per heavy atom. The lowest BCUT2D eigenvalue weighted by molar-refractivity contribution is 0.383. The molecule has 0 N–H and O–H groups in total. The Balaban J connectivity index is 3.16. The second-order valence-corrected chi connectivity index (χ2v) is 5.80. The third-order valence-electron chi connectivity index (χ3n) is 2.31. The SMILES string of the molecule is C=CCN(C(C)C)S(=O)(=O)c1ccc(F)cc1. The second-order valence-electron chi connectivity index (χ2n) is 3.91. The fourth-order valence-electron chi connectivity index (χ4n) is 1.46. The van der Waals surface area contributed by atoms with Crippen LogP contribution in [0.2, 0.25) is 0 Å². The maximum atomic E-state index is 12.8. The van der Waals surface area contributed by atoms with Gasteiger partial charge in [0, 0.05) is 12.6 Å². The first-order chi connectivity index (χ1) is 7.89. The number of benzene rings is 1. The Morgan fingerprint density at radius 2 is 1.88 bits per heavy atom. The third-order valence-corrected chi connectivity index (χ3v) is 4.36. The fourth-order valence-corrected chi connectivity index (χ4v) is 3.06. The van der Waals surface area contributed by atoms with Crippen LogP contribution in [0.5, 0.6) is 0 Å². The number of nitrogens with zero attached hydrogens (tertiary/aromatic N) is 1. The highest BCUT2D eigenvalue weighted by atomic mass is 32.2. The molecule has 1 rings (SSSR count). The number of sulfonamides is 1. The van der Waals surface area contributed by atoms with Crippen LogP contribution in [0.3, 0.4) is 0 Å². The van der Waals surface area contributed by atoms with Gasteiger partial charge in [-0.1, -0.05) is 6.08 Å². The number of hydrogen-bond donors (Lipinski definition) is 0. The first-order valence-corrected chi connectivity index (χ1v) is 6.72. The lowest BCUT2D eigenvalue weighted by Gasteiger charge is -2.24. The van der Waals surface area contributed by atoms with Gasteiger partial charge in [-0.25, -0.2) is 12.8 Å². The highest BCUT2D eigenvalue weighted by Crippen LogP contribution is 2.18. The van der Waals surface area contributed by atoms with E-state index in [9.17, 15) is 12.8 Å². The van der Waals surface area contributed by atoms with E-state index in [1.807, 2.05) is 0 Å². The molecule has 0 spiro atoms. The van der Waals surface area contributed by atoms with Gasteiger partial charge in [0.15, 0.2) is 0 Å². The number of halogens is 1. The lowest BCUT2D eigenvalue weighted by Crippen LogP contribution is -2.36. The average molecular weight is 257 g/mol. The van der Waals surface area contributed by atoms with Gasteiger partial charge in [0.2, 0.25) is 10.0 Å². The van der Waals surface area contributed by atoms with Crippen LogP contribution < -0.4 is 0 Å². The van der Waals surface area contributed by atoms with Crippen LogP contribution in [0.4, 0.5) is 4.39 Å². The fraction of sp³-hybridized carbons (Fsp3) is 0.333. The van der Waals surface area contributed by atoms with Crippen LogP contribution in [0.1, 0.15) is 13.8 Å². The zero-order valence-electron chi connectivity index (χ0n) is 9.93. The zero-order chi connectivity index (χ0) is 13.1. The van der Waals surface area contributed by atoms with Crippen molar-refractivity contribution in [2.24, 2.45) is 0 Å². The van der Waals surface area contributed by atoms with Crippen molar-refractivity contribution < 1.29 is 12.8 Å². The maximum Gasteiger partial charge on any atom is 0.243 e. The molecule has 5 heteroatoms. The summed E-state index contributed by atoms with van der Waals surface area (Å²) in [6.07, 6.45) is 1.53. The molecule has 0 aromatic heterocycles. The van der Waals surface area contributed by atoms with Gasteiger partial charge in [0.25, 0.3) is 0 Å². The first kappa shape index (κ1) is 13.9. The van der Waals surface area contributed by atoms with Gasteiger partial charge in [0.05, 0.1) is 4.90 Å². The summed E-state index contributed by atoms with van der Waals surface area (Å²) in [6.45, 7) is 7.34. The van der Waals surface area contributed by atoms with Crippen LogP contribution in [0.25, 0.3) is 0 Å². The Kier molecular flexibility index (Phi) is 4.42. The maximum absolute atomic E-state index is 12.8. The summed E-state index contributed by atoms with van der Waals surface area (Å²) in [4.78, 5) is 0.0921. The van der Waals surface area contributed by atoms with Crippen molar-refractivity contribution in [3.8, 4) is 0 Å². The summed E-state index contributed by atoms with van der Waals surface area (Å²) in [5.74, 6) is -0.455. The average Bonchev–Trinajstić information content (AvgIpc) is 2.25. The lowest BCUT2D eigenvalue weighted by atomic mass is 10.4. The van der Waals surface area contributed by atoms with Gasteiger partial charge in [-0.15, -0.1) is 6.58 Å². The van der Waals surface area contributed by atoms with Crippen LogP contribution in [0.15, 0.2) is 41.8 Å². The molecule has 1 aromatic carbocycles. The molecule has 0 amide bonds. The molecular formula is C12H16FNO2S. The third kappa shape index (κ3) is 3.14. The Bertz CT molecular complexity index is 480. The molecule has 0 aliphatic heterocycles. The summed E-state index contributed by atoms with van der Waals surface area (Å²) in [6, 6.07) is 4.63. The van der Waals surface area contributed by atoms with Crippen molar-refractivity contribution in [2.75, 3.05) is 6.54 Å². The standard InChI is InChI=1S/C12H16FNO2S/c1-4-9-14(10(2)3)17(15,16)12-7-5-11(13)6-8-12/h4-8,10H,1,9H2,2-3H3. The van der Waals surface area contributed by atoms with Crippen molar-refractivity contribution in [2.45, 2.75) is 24.8 Å². The molecule has 3 nitrogen and oxygen atoms in total. The molecule has 0 atom stereocenters. The van der Waals surface area contributed by atoms with Crippen molar-refractivity contribution in [1.82, 2.24) is 4.31 Å². The Labute approximate surface area is 102 Å². The highest BCUT2D eigenvalue weighted by molar-refractivity contribution is 7.89. The van der Waals surface area contributed by atoms with E-state index in [-0.39, 0.29) is 17.5 Å². The molecule has 0 fully saturated rings. The van der Waals surface area contributed by atoms with Crippen molar-refractivity contribution in [3.05, 3.63) is 42.7 Å². The normalized spacial score (nSPS) is 12.1. The van der Waals surface area contributed by atoms with E-state index < -0.39 is 15.8 Å². The van der Waals surface area contributed by atoms with Gasteiger partial charge >= 0.3 is 0 Å². The van der Waals surface area contributed by atoms with E-state index in [1.165, 1.54) is 22.5 Å². The van der Waals surface area contributed by atoms with Crippen molar-refractivity contribution in [1.29, 1.82) is 0 Å². The molecule has 0 aliphatic rings. The van der Waals surface area contributed by atoms with Crippen LogP contribution in [-0.2, 0) is 10.0 Å². The summed E-state index contributed by atoms with van der Waals surface area (Å²) in [5.41, 5.74) is 0. The van der Waals surface area contributed by atoms with Gasteiger partial charge in [-0.3, -0.25) is 0 Å². The van der Waals surface area contributed by atoms with E-state index in [1.54, 1.807) is 13.8 Å². The van der Waals surface area contributed by atoms with E-state index in [2.05, 4.69) is 6.58 Å². The van der Waals surface area contributed by atoms with Crippen LogP contribution >= 0.6 is 0 Å². The van der Waals surface area contributed by atoms with E-state index in [0.717, 1.165) is 12.1 Å². The van der Waals surface area contributed by atoms with Gasteiger partial charge in [-0.05, 0) is 38.1 Å². The first-order valence-electron chi connectivity index (χ1n) is 5.28. The predicted octanol–water partition coefficient (Wildman–Crippen LogP) is 2.41. The molecule has 17 heavy (non-hydrogen) atoms. The van der Waals surface area contributed by atoms with Crippen molar-refractivity contribution in [3.63, 3.8) is 0 Å². The summed E-state index contributed by atoms with van der Waals surface area (Å²) >= 11 is 0. The molecule has 0 aliphatic carbocycles. The molecule has 0 saturated carbocycles. The minimum absolute atomic E-state index is 0.0921. The smallest absolute Gasteiger partial charge is 0.207 e. The minimum atomic E-state index is -3.58. The summed E-state index contributed by atoms with van der Waals surface area (Å²) < 4.78 is 38.5. The summed E-state index contributed by atoms with van der Waals surface area (Å²) in [5, 5.41) is 0. The van der Waals surface area contributed by atoms with E-state index in [4.69, 9.17) is 0 Å². The largest absolute Gasteiger partial charge is 0.243 e. The minimum Gasteiger partial charge on any atom is -0.207 e. The molecule has 0 unspecified atom stereocenters. The van der Waals surface area contributed by atoms with E-state index in [0.29, 0.717) is 0 Å². The molecule has 1 aromatic rings. The molecule has 0 radical (unpaired) electrons. The Morgan fingerprint density at radius 3 is 2.29 bits per heavy atom.